The molecule has 1 aliphatic heterocycles. The highest BCUT2D eigenvalue weighted by molar-refractivity contribution is 7.90. The maximum absolute atomic E-state index is 11.5. The molecule has 1 atom stereocenters. The number of nitrogens with zero attached hydrogens (tertiary/aromatic N) is 2. The monoisotopic (exact) mass is 375 g/mol. The Labute approximate surface area is 142 Å². The van der Waals surface area contributed by atoms with Crippen LogP contribution in [0.5, 0.6) is 5.88 Å². The number of sulfone groups is 1. The molecular weight excluding hydrogens is 354 g/mol. The van der Waals surface area contributed by atoms with Crippen molar-refractivity contribution >= 4 is 20.0 Å². The van der Waals surface area contributed by atoms with E-state index in [1.807, 2.05) is 0 Å². The summed E-state index contributed by atoms with van der Waals surface area (Å²) in [6, 6.07) is 4.67. The molecule has 0 bridgehead atoms. The lowest BCUT2D eigenvalue weighted by atomic mass is 9.92. The van der Waals surface area contributed by atoms with Crippen LogP contribution < -0.4 is 9.88 Å². The number of piperidine rings is 1. The van der Waals surface area contributed by atoms with Crippen LogP contribution in [-0.4, -0.2) is 52.1 Å². The van der Waals surface area contributed by atoms with Gasteiger partial charge in [0.1, 0.15) is 0 Å². The van der Waals surface area contributed by atoms with Gasteiger partial charge in [0.2, 0.25) is 5.88 Å². The van der Waals surface area contributed by atoms with Gasteiger partial charge in [0.15, 0.2) is 14.9 Å². The quantitative estimate of drug-likeness (QED) is 0.783. The third-order valence-corrected chi connectivity index (χ3v) is 7.02. The van der Waals surface area contributed by atoms with Crippen LogP contribution in [-0.2, 0) is 20.0 Å². The molecule has 24 heavy (non-hydrogen) atoms. The van der Waals surface area contributed by atoms with Gasteiger partial charge >= 0.3 is 0 Å². The standard InChI is InChI=1S/C14H21N3O5S2/c1-23(18,19)13-4-2-3-12(16-13)22-10-11-9-14(11)5-7-17(8-6-14)24(15,20)21/h2-4,11H,5-10H2,1H3,(H2,15,20,21)/t11-/m0/s1. The van der Waals surface area contributed by atoms with Gasteiger partial charge in [-0.2, -0.15) is 12.7 Å². The zero-order valence-electron chi connectivity index (χ0n) is 13.4. The minimum atomic E-state index is -3.60. The number of ether oxygens (including phenoxy) is 1. The van der Waals surface area contributed by atoms with Crippen LogP contribution in [0.3, 0.4) is 0 Å². The third-order valence-electron chi connectivity index (χ3n) is 4.95. The summed E-state index contributed by atoms with van der Waals surface area (Å²) in [6.07, 6.45) is 3.63. The molecule has 2 aliphatic rings. The molecule has 0 unspecified atom stereocenters. The SMILES string of the molecule is CS(=O)(=O)c1cccc(OC[C@@H]2CC23CCN(S(N)(=O)=O)CC3)n1. The minimum absolute atomic E-state index is 0.00743. The van der Waals surface area contributed by atoms with E-state index in [-0.39, 0.29) is 10.4 Å². The highest BCUT2D eigenvalue weighted by Gasteiger charge is 2.55. The number of hydrogen-bond donors (Lipinski definition) is 1. The van der Waals surface area contributed by atoms with Crippen LogP contribution in [0.25, 0.3) is 0 Å². The van der Waals surface area contributed by atoms with Crippen molar-refractivity contribution in [1.82, 2.24) is 9.29 Å². The topological polar surface area (TPSA) is 120 Å². The summed E-state index contributed by atoms with van der Waals surface area (Å²) in [7, 11) is -6.97. The summed E-state index contributed by atoms with van der Waals surface area (Å²) < 4.78 is 52.7. The normalized spacial score (nSPS) is 24.0. The van der Waals surface area contributed by atoms with Gasteiger partial charge in [0, 0.05) is 25.4 Å². The molecule has 2 N–H and O–H groups in total. The Hall–Kier alpha value is -1.23. The molecule has 1 saturated heterocycles. The van der Waals surface area contributed by atoms with E-state index >= 15 is 0 Å². The van der Waals surface area contributed by atoms with Crippen LogP contribution in [0.15, 0.2) is 23.2 Å². The van der Waals surface area contributed by atoms with Gasteiger partial charge in [0.05, 0.1) is 6.61 Å². The van der Waals surface area contributed by atoms with Gasteiger partial charge in [-0.3, -0.25) is 0 Å². The fourth-order valence-corrected chi connectivity index (χ4v) is 4.61. The van der Waals surface area contributed by atoms with E-state index in [0.717, 1.165) is 25.5 Å². The van der Waals surface area contributed by atoms with Gasteiger partial charge in [0.25, 0.3) is 10.2 Å². The number of nitrogens with two attached hydrogens (primary N) is 1. The highest BCUT2D eigenvalue weighted by atomic mass is 32.2. The molecule has 0 amide bonds. The Morgan fingerprint density at radius 1 is 1.29 bits per heavy atom. The summed E-state index contributed by atoms with van der Waals surface area (Å²) >= 11 is 0. The predicted molar refractivity (Wildman–Crippen MR) is 87.3 cm³/mol. The Kier molecular flexibility index (Phi) is 4.35. The molecule has 2 fully saturated rings. The zero-order chi connectivity index (χ0) is 17.6. The molecule has 0 radical (unpaired) electrons. The number of aromatic nitrogens is 1. The van der Waals surface area contributed by atoms with Crippen LogP contribution in [0.1, 0.15) is 19.3 Å². The van der Waals surface area contributed by atoms with E-state index in [2.05, 4.69) is 4.98 Å². The van der Waals surface area contributed by atoms with Crippen LogP contribution >= 0.6 is 0 Å². The molecule has 1 aromatic heterocycles. The van der Waals surface area contributed by atoms with E-state index in [1.165, 1.54) is 10.4 Å². The molecule has 1 aliphatic carbocycles. The van der Waals surface area contributed by atoms with Crippen LogP contribution in [0.2, 0.25) is 0 Å². The fourth-order valence-electron chi connectivity index (χ4n) is 3.33. The van der Waals surface area contributed by atoms with Gasteiger partial charge in [-0.15, -0.1) is 0 Å². The Morgan fingerprint density at radius 3 is 2.54 bits per heavy atom. The maximum Gasteiger partial charge on any atom is 0.276 e. The first kappa shape index (κ1) is 17.6. The van der Waals surface area contributed by atoms with Crippen molar-refractivity contribution in [3.05, 3.63) is 18.2 Å². The van der Waals surface area contributed by atoms with E-state index in [0.29, 0.717) is 31.5 Å². The van der Waals surface area contributed by atoms with Gasteiger partial charge in [-0.25, -0.2) is 18.5 Å². The fraction of sp³-hybridized carbons (Fsp3) is 0.643. The Balaban J connectivity index is 1.55. The Bertz CT molecular complexity index is 830. The molecule has 134 valence electrons. The van der Waals surface area contributed by atoms with E-state index in [4.69, 9.17) is 9.88 Å². The van der Waals surface area contributed by atoms with Crippen LogP contribution in [0, 0.1) is 11.3 Å². The molecule has 1 saturated carbocycles. The summed E-state index contributed by atoms with van der Waals surface area (Å²) in [5.74, 6) is 0.630. The predicted octanol–water partition coefficient (Wildman–Crippen LogP) is 0.170. The molecule has 8 nitrogen and oxygen atoms in total. The first-order chi connectivity index (χ1) is 11.1. The lowest BCUT2D eigenvalue weighted by Crippen LogP contribution is -2.43. The average Bonchev–Trinajstić information content (AvgIpc) is 3.16. The molecule has 10 heteroatoms. The summed E-state index contributed by atoms with van der Waals surface area (Å²) in [5.41, 5.74) is 0.121. The number of pyridine rings is 1. The van der Waals surface area contributed by atoms with Crippen molar-refractivity contribution < 1.29 is 21.6 Å². The van der Waals surface area contributed by atoms with Crippen molar-refractivity contribution in [2.45, 2.75) is 24.3 Å². The van der Waals surface area contributed by atoms with Crippen molar-refractivity contribution in [1.29, 1.82) is 0 Å². The lowest BCUT2D eigenvalue weighted by molar-refractivity contribution is 0.205. The second kappa shape index (κ2) is 5.94. The van der Waals surface area contributed by atoms with Crippen molar-refractivity contribution in [2.24, 2.45) is 16.5 Å². The average molecular weight is 375 g/mol. The molecule has 1 spiro atoms. The summed E-state index contributed by atoms with van der Waals surface area (Å²) in [6.45, 7) is 1.34. The number of rotatable bonds is 5. The van der Waals surface area contributed by atoms with Crippen molar-refractivity contribution in [3.63, 3.8) is 0 Å². The van der Waals surface area contributed by atoms with E-state index in [9.17, 15) is 16.8 Å². The van der Waals surface area contributed by atoms with Crippen molar-refractivity contribution in [3.8, 4) is 5.88 Å². The van der Waals surface area contributed by atoms with Gasteiger partial charge in [-0.1, -0.05) is 6.07 Å². The molecule has 2 heterocycles. The summed E-state index contributed by atoms with van der Waals surface area (Å²) in [5, 5.41) is 5.15. The van der Waals surface area contributed by atoms with Gasteiger partial charge < -0.3 is 4.74 Å². The zero-order valence-corrected chi connectivity index (χ0v) is 15.0. The minimum Gasteiger partial charge on any atom is -0.477 e. The molecule has 1 aromatic rings. The van der Waals surface area contributed by atoms with E-state index in [1.54, 1.807) is 12.1 Å². The lowest BCUT2D eigenvalue weighted by Gasteiger charge is -2.30. The first-order valence-corrected chi connectivity index (χ1v) is 11.1. The molecular formula is C14H21N3O5S2. The molecule has 0 aromatic carbocycles. The highest BCUT2D eigenvalue weighted by Crippen LogP contribution is 2.59. The first-order valence-electron chi connectivity index (χ1n) is 7.68. The smallest absolute Gasteiger partial charge is 0.276 e. The maximum atomic E-state index is 11.5. The Morgan fingerprint density at radius 2 is 1.96 bits per heavy atom. The van der Waals surface area contributed by atoms with Gasteiger partial charge in [-0.05, 0) is 36.7 Å². The third kappa shape index (κ3) is 3.71. The van der Waals surface area contributed by atoms with Crippen molar-refractivity contribution in [2.75, 3.05) is 26.0 Å². The number of hydrogen-bond acceptors (Lipinski definition) is 6. The largest absolute Gasteiger partial charge is 0.477 e. The second-order valence-corrected chi connectivity index (χ2v) is 10.1. The summed E-state index contributed by atoms with van der Waals surface area (Å²) in [4.78, 5) is 4.01. The molecule has 3 rings (SSSR count). The second-order valence-electron chi connectivity index (χ2n) is 6.60. The van der Waals surface area contributed by atoms with Crippen LogP contribution in [0.4, 0.5) is 0 Å². The van der Waals surface area contributed by atoms with E-state index < -0.39 is 20.0 Å².